The fraction of sp³-hybridized carbons (Fsp3) is 0.600. The van der Waals surface area contributed by atoms with Crippen molar-refractivity contribution in [2.75, 3.05) is 20.2 Å². The van der Waals surface area contributed by atoms with Gasteiger partial charge >= 0.3 is 0 Å². The molecule has 2 nitrogen and oxygen atoms in total. The number of ether oxygens (including phenoxy) is 1. The van der Waals surface area contributed by atoms with Crippen molar-refractivity contribution in [1.82, 2.24) is 5.32 Å². The standard InChI is InChI=1S/C15H24BrNO/c1-15(2,3)12(11-17-4)9-10-18-14-7-5-13(16)6-8-14/h5-8,12,17H,9-11H2,1-4H3. The van der Waals surface area contributed by atoms with Gasteiger partial charge in [0.2, 0.25) is 0 Å². The van der Waals surface area contributed by atoms with Crippen LogP contribution < -0.4 is 10.1 Å². The maximum atomic E-state index is 5.78. The van der Waals surface area contributed by atoms with E-state index in [1.807, 2.05) is 31.3 Å². The lowest BCUT2D eigenvalue weighted by molar-refractivity contribution is 0.182. The molecule has 0 heterocycles. The summed E-state index contributed by atoms with van der Waals surface area (Å²) in [5.41, 5.74) is 0.312. The summed E-state index contributed by atoms with van der Waals surface area (Å²) in [6, 6.07) is 8.00. The van der Waals surface area contributed by atoms with Gasteiger partial charge in [-0.1, -0.05) is 36.7 Å². The van der Waals surface area contributed by atoms with Gasteiger partial charge in [0, 0.05) is 4.47 Å². The molecule has 1 unspecified atom stereocenters. The fourth-order valence-corrected chi connectivity index (χ4v) is 2.20. The first-order chi connectivity index (χ1) is 8.43. The third-order valence-corrected chi connectivity index (χ3v) is 3.75. The highest BCUT2D eigenvalue weighted by molar-refractivity contribution is 9.10. The van der Waals surface area contributed by atoms with E-state index in [2.05, 4.69) is 42.0 Å². The van der Waals surface area contributed by atoms with Crippen molar-refractivity contribution in [3.05, 3.63) is 28.7 Å². The van der Waals surface area contributed by atoms with Crippen LogP contribution in [0.3, 0.4) is 0 Å². The van der Waals surface area contributed by atoms with E-state index in [-0.39, 0.29) is 0 Å². The topological polar surface area (TPSA) is 21.3 Å². The molecule has 1 N–H and O–H groups in total. The Morgan fingerprint density at radius 3 is 2.33 bits per heavy atom. The molecule has 1 aromatic carbocycles. The van der Waals surface area contributed by atoms with Crippen molar-refractivity contribution in [1.29, 1.82) is 0 Å². The van der Waals surface area contributed by atoms with Crippen LogP contribution in [0, 0.1) is 11.3 Å². The van der Waals surface area contributed by atoms with Crippen LogP contribution in [0.2, 0.25) is 0 Å². The van der Waals surface area contributed by atoms with Gasteiger partial charge in [0.25, 0.3) is 0 Å². The molecular weight excluding hydrogens is 290 g/mol. The van der Waals surface area contributed by atoms with E-state index >= 15 is 0 Å². The Balaban J connectivity index is 2.41. The van der Waals surface area contributed by atoms with Crippen LogP contribution in [-0.4, -0.2) is 20.2 Å². The monoisotopic (exact) mass is 313 g/mol. The van der Waals surface area contributed by atoms with Crippen molar-refractivity contribution in [2.24, 2.45) is 11.3 Å². The van der Waals surface area contributed by atoms with Crippen molar-refractivity contribution in [3.63, 3.8) is 0 Å². The molecule has 18 heavy (non-hydrogen) atoms. The number of nitrogens with one attached hydrogen (secondary N) is 1. The maximum absolute atomic E-state index is 5.78. The predicted octanol–water partition coefficient (Wildman–Crippen LogP) is 4.10. The third kappa shape index (κ3) is 5.40. The minimum Gasteiger partial charge on any atom is -0.494 e. The highest BCUT2D eigenvalue weighted by Crippen LogP contribution is 2.28. The Labute approximate surface area is 119 Å². The zero-order chi connectivity index (χ0) is 13.6. The summed E-state index contributed by atoms with van der Waals surface area (Å²) in [4.78, 5) is 0. The molecule has 0 aliphatic heterocycles. The first kappa shape index (κ1) is 15.5. The van der Waals surface area contributed by atoms with E-state index in [1.54, 1.807) is 0 Å². The lowest BCUT2D eigenvalue weighted by Gasteiger charge is -2.30. The summed E-state index contributed by atoms with van der Waals surface area (Å²) < 4.78 is 6.87. The van der Waals surface area contributed by atoms with Crippen molar-refractivity contribution >= 4 is 15.9 Å². The van der Waals surface area contributed by atoms with E-state index in [0.717, 1.165) is 29.8 Å². The van der Waals surface area contributed by atoms with Gasteiger partial charge in [0.05, 0.1) is 6.61 Å². The Bertz CT molecular complexity index is 343. The molecule has 0 aliphatic rings. The number of hydrogen-bond donors (Lipinski definition) is 1. The van der Waals surface area contributed by atoms with Gasteiger partial charge in [-0.3, -0.25) is 0 Å². The lowest BCUT2D eigenvalue weighted by Crippen LogP contribution is -2.31. The van der Waals surface area contributed by atoms with Crippen LogP contribution in [0.4, 0.5) is 0 Å². The first-order valence-corrected chi connectivity index (χ1v) is 7.25. The van der Waals surface area contributed by atoms with E-state index in [9.17, 15) is 0 Å². The third-order valence-electron chi connectivity index (χ3n) is 3.22. The summed E-state index contributed by atoms with van der Waals surface area (Å²) in [7, 11) is 2.01. The summed E-state index contributed by atoms with van der Waals surface area (Å²) in [5.74, 6) is 1.56. The van der Waals surface area contributed by atoms with Crippen LogP contribution in [0.1, 0.15) is 27.2 Å². The molecule has 0 saturated heterocycles. The van der Waals surface area contributed by atoms with Gasteiger partial charge in [0.1, 0.15) is 5.75 Å². The largest absolute Gasteiger partial charge is 0.494 e. The van der Waals surface area contributed by atoms with Gasteiger partial charge in [-0.15, -0.1) is 0 Å². The van der Waals surface area contributed by atoms with E-state index < -0.39 is 0 Å². The zero-order valence-corrected chi connectivity index (χ0v) is 13.4. The minimum atomic E-state index is 0.312. The molecule has 1 atom stereocenters. The highest BCUT2D eigenvalue weighted by atomic mass is 79.9. The summed E-state index contributed by atoms with van der Waals surface area (Å²) in [5, 5.41) is 3.27. The van der Waals surface area contributed by atoms with Gasteiger partial charge in [-0.2, -0.15) is 0 Å². The molecule has 0 amide bonds. The molecule has 102 valence electrons. The molecule has 0 spiro atoms. The fourth-order valence-electron chi connectivity index (χ4n) is 1.94. The molecule has 0 radical (unpaired) electrons. The Kier molecular flexibility index (Phi) is 6.16. The molecule has 0 aliphatic carbocycles. The number of rotatable bonds is 6. The van der Waals surface area contributed by atoms with Gasteiger partial charge in [0.15, 0.2) is 0 Å². The number of hydrogen-bond acceptors (Lipinski definition) is 2. The quantitative estimate of drug-likeness (QED) is 0.853. The van der Waals surface area contributed by atoms with Crippen LogP contribution in [0.25, 0.3) is 0 Å². The Hall–Kier alpha value is -0.540. The average molecular weight is 314 g/mol. The van der Waals surface area contributed by atoms with Crippen LogP contribution in [-0.2, 0) is 0 Å². The maximum Gasteiger partial charge on any atom is 0.119 e. The SMILES string of the molecule is CNCC(CCOc1ccc(Br)cc1)C(C)(C)C. The number of halogens is 1. The Morgan fingerprint density at radius 2 is 1.83 bits per heavy atom. The lowest BCUT2D eigenvalue weighted by atomic mass is 9.79. The average Bonchev–Trinajstić information content (AvgIpc) is 2.29. The van der Waals surface area contributed by atoms with Gasteiger partial charge in [-0.05, 0) is 55.6 Å². The van der Waals surface area contributed by atoms with E-state index in [0.29, 0.717) is 11.3 Å². The summed E-state index contributed by atoms with van der Waals surface area (Å²) in [6.45, 7) is 8.66. The molecule has 0 fully saturated rings. The van der Waals surface area contributed by atoms with E-state index in [1.165, 1.54) is 0 Å². The smallest absolute Gasteiger partial charge is 0.119 e. The normalized spacial score (nSPS) is 13.4. The van der Waals surface area contributed by atoms with Gasteiger partial charge in [-0.25, -0.2) is 0 Å². The van der Waals surface area contributed by atoms with Crippen molar-refractivity contribution < 1.29 is 4.74 Å². The summed E-state index contributed by atoms with van der Waals surface area (Å²) >= 11 is 3.42. The first-order valence-electron chi connectivity index (χ1n) is 6.46. The van der Waals surface area contributed by atoms with Gasteiger partial charge < -0.3 is 10.1 Å². The van der Waals surface area contributed by atoms with Crippen molar-refractivity contribution in [2.45, 2.75) is 27.2 Å². The molecule has 0 aromatic heterocycles. The molecule has 3 heteroatoms. The predicted molar refractivity (Wildman–Crippen MR) is 81.1 cm³/mol. The second-order valence-electron chi connectivity index (χ2n) is 5.71. The molecule has 0 bridgehead atoms. The zero-order valence-electron chi connectivity index (χ0n) is 11.8. The molecular formula is C15H24BrNO. The van der Waals surface area contributed by atoms with Crippen LogP contribution in [0.15, 0.2) is 28.7 Å². The summed E-state index contributed by atoms with van der Waals surface area (Å²) in [6.07, 6.45) is 1.07. The second-order valence-corrected chi connectivity index (χ2v) is 6.63. The minimum absolute atomic E-state index is 0.312. The molecule has 1 rings (SSSR count). The second kappa shape index (κ2) is 7.15. The molecule has 0 saturated carbocycles. The van der Waals surface area contributed by atoms with Crippen LogP contribution >= 0.6 is 15.9 Å². The molecule has 1 aromatic rings. The van der Waals surface area contributed by atoms with Crippen LogP contribution in [0.5, 0.6) is 5.75 Å². The van der Waals surface area contributed by atoms with Crippen molar-refractivity contribution in [3.8, 4) is 5.75 Å². The highest BCUT2D eigenvalue weighted by Gasteiger charge is 2.23. The van der Waals surface area contributed by atoms with E-state index in [4.69, 9.17) is 4.74 Å². The number of benzene rings is 1. The Morgan fingerprint density at radius 1 is 1.22 bits per heavy atom.